The fraction of sp³-hybridized carbons (Fsp3) is 0.364. The van der Waals surface area contributed by atoms with Gasteiger partial charge in [-0.15, -0.1) is 0 Å². The van der Waals surface area contributed by atoms with Gasteiger partial charge in [0.25, 0.3) is 0 Å². The van der Waals surface area contributed by atoms with Gasteiger partial charge < -0.3 is 19.9 Å². The van der Waals surface area contributed by atoms with E-state index in [0.717, 1.165) is 16.5 Å². The SMILES string of the molecule is COc1ccc([N+](=O)[O-])c(N2CCC(NC(=O)CCc3c[nH]c4ccccc34)CC2)n1. The summed E-state index contributed by atoms with van der Waals surface area (Å²) in [7, 11) is 1.48. The first kappa shape index (κ1) is 20.6. The molecule has 0 atom stereocenters. The second kappa shape index (κ2) is 9.03. The van der Waals surface area contributed by atoms with Gasteiger partial charge in [-0.25, -0.2) is 0 Å². The number of rotatable bonds is 7. The molecule has 0 unspecified atom stereocenters. The number of fused-ring (bicyclic) bond motifs is 1. The van der Waals surface area contributed by atoms with Crippen molar-refractivity contribution in [3.63, 3.8) is 0 Å². The van der Waals surface area contributed by atoms with Crippen molar-refractivity contribution in [3.05, 3.63) is 58.3 Å². The molecule has 1 saturated heterocycles. The van der Waals surface area contributed by atoms with Crippen molar-refractivity contribution in [3.8, 4) is 5.88 Å². The third-order valence-electron chi connectivity index (χ3n) is 5.69. The van der Waals surface area contributed by atoms with Gasteiger partial charge in [0.2, 0.25) is 17.6 Å². The van der Waals surface area contributed by atoms with Crippen LogP contribution in [0, 0.1) is 10.1 Å². The first-order valence-electron chi connectivity index (χ1n) is 10.3. The molecule has 1 aliphatic heterocycles. The average Bonchev–Trinajstić information content (AvgIpc) is 3.21. The lowest BCUT2D eigenvalue weighted by Crippen LogP contribution is -2.45. The van der Waals surface area contributed by atoms with Gasteiger partial charge in [-0.2, -0.15) is 4.98 Å². The number of H-pyrrole nitrogens is 1. The van der Waals surface area contributed by atoms with Gasteiger partial charge in [0.15, 0.2) is 0 Å². The molecule has 0 saturated carbocycles. The van der Waals surface area contributed by atoms with Crippen LogP contribution < -0.4 is 15.0 Å². The highest BCUT2D eigenvalue weighted by Gasteiger charge is 2.27. The fourth-order valence-electron chi connectivity index (χ4n) is 4.03. The number of aryl methyl sites for hydroxylation is 1. The number of benzene rings is 1. The topological polar surface area (TPSA) is 113 Å². The molecule has 4 rings (SSSR count). The molecule has 0 aliphatic carbocycles. The average molecular weight is 423 g/mol. The lowest BCUT2D eigenvalue weighted by atomic mass is 10.0. The van der Waals surface area contributed by atoms with Crippen LogP contribution in [0.3, 0.4) is 0 Å². The molecule has 0 bridgehead atoms. The van der Waals surface area contributed by atoms with Gasteiger partial charge in [-0.1, -0.05) is 18.2 Å². The number of piperidine rings is 1. The van der Waals surface area contributed by atoms with Gasteiger partial charge >= 0.3 is 5.69 Å². The second-order valence-electron chi connectivity index (χ2n) is 7.64. The summed E-state index contributed by atoms with van der Waals surface area (Å²) in [4.78, 5) is 32.8. The molecule has 2 N–H and O–H groups in total. The highest BCUT2D eigenvalue weighted by molar-refractivity contribution is 5.84. The Labute approximate surface area is 179 Å². The zero-order valence-electron chi connectivity index (χ0n) is 17.3. The largest absolute Gasteiger partial charge is 0.481 e. The Bertz CT molecular complexity index is 1090. The van der Waals surface area contributed by atoms with Crippen molar-refractivity contribution in [2.75, 3.05) is 25.1 Å². The molecule has 0 radical (unpaired) electrons. The highest BCUT2D eigenvalue weighted by atomic mass is 16.6. The Kier molecular flexibility index (Phi) is 6.01. The molecule has 1 aliphatic rings. The van der Waals surface area contributed by atoms with Crippen molar-refractivity contribution in [2.24, 2.45) is 0 Å². The number of ether oxygens (including phenoxy) is 1. The van der Waals surface area contributed by atoms with Crippen LogP contribution in [-0.2, 0) is 11.2 Å². The summed E-state index contributed by atoms with van der Waals surface area (Å²) in [5.74, 6) is 0.677. The van der Waals surface area contributed by atoms with E-state index in [1.807, 2.05) is 29.3 Å². The van der Waals surface area contributed by atoms with E-state index >= 15 is 0 Å². The fourth-order valence-corrected chi connectivity index (χ4v) is 4.03. The van der Waals surface area contributed by atoms with Gasteiger partial charge in [0.1, 0.15) is 0 Å². The Balaban J connectivity index is 1.31. The number of pyridine rings is 1. The predicted octanol–water partition coefficient (Wildman–Crippen LogP) is 3.20. The Morgan fingerprint density at radius 1 is 1.29 bits per heavy atom. The number of amides is 1. The van der Waals surface area contributed by atoms with E-state index in [9.17, 15) is 14.9 Å². The molecule has 9 nitrogen and oxygen atoms in total. The lowest BCUT2D eigenvalue weighted by molar-refractivity contribution is -0.384. The number of para-hydroxylation sites is 1. The summed E-state index contributed by atoms with van der Waals surface area (Å²) in [6, 6.07) is 11.0. The van der Waals surface area contributed by atoms with Crippen LogP contribution in [-0.4, -0.2) is 47.0 Å². The smallest absolute Gasteiger partial charge is 0.311 e. The summed E-state index contributed by atoms with van der Waals surface area (Å²) in [5.41, 5.74) is 2.17. The van der Waals surface area contributed by atoms with Crippen LogP contribution in [0.15, 0.2) is 42.6 Å². The van der Waals surface area contributed by atoms with Gasteiger partial charge in [-0.05, 0) is 30.9 Å². The number of carbonyl (C=O) groups is 1. The monoisotopic (exact) mass is 423 g/mol. The highest BCUT2D eigenvalue weighted by Crippen LogP contribution is 2.30. The van der Waals surface area contributed by atoms with Crippen LogP contribution in [0.25, 0.3) is 10.9 Å². The maximum atomic E-state index is 12.5. The van der Waals surface area contributed by atoms with Crippen LogP contribution in [0.1, 0.15) is 24.8 Å². The van der Waals surface area contributed by atoms with E-state index in [-0.39, 0.29) is 17.6 Å². The molecule has 3 aromatic rings. The molecular weight excluding hydrogens is 398 g/mol. The van der Waals surface area contributed by atoms with Gasteiger partial charge in [0, 0.05) is 54.8 Å². The number of nitro groups is 1. The summed E-state index contributed by atoms with van der Waals surface area (Å²) < 4.78 is 5.12. The molecule has 1 fully saturated rings. The minimum Gasteiger partial charge on any atom is -0.481 e. The normalized spacial score (nSPS) is 14.5. The summed E-state index contributed by atoms with van der Waals surface area (Å²) in [5, 5.41) is 15.6. The minimum atomic E-state index is -0.430. The molecular formula is C22H25N5O4. The van der Waals surface area contributed by atoms with Crippen molar-refractivity contribution in [1.29, 1.82) is 0 Å². The van der Waals surface area contributed by atoms with Crippen LogP contribution in [0.5, 0.6) is 5.88 Å². The van der Waals surface area contributed by atoms with E-state index in [1.165, 1.54) is 19.2 Å². The molecule has 31 heavy (non-hydrogen) atoms. The molecule has 2 aromatic heterocycles. The van der Waals surface area contributed by atoms with Crippen molar-refractivity contribution in [1.82, 2.24) is 15.3 Å². The van der Waals surface area contributed by atoms with Crippen LogP contribution in [0.2, 0.25) is 0 Å². The number of carbonyl (C=O) groups excluding carboxylic acids is 1. The number of nitrogens with zero attached hydrogens (tertiary/aromatic N) is 3. The van der Waals surface area contributed by atoms with E-state index in [0.29, 0.717) is 50.5 Å². The number of hydrogen-bond donors (Lipinski definition) is 2. The molecule has 3 heterocycles. The molecule has 162 valence electrons. The van der Waals surface area contributed by atoms with Crippen LogP contribution >= 0.6 is 0 Å². The maximum Gasteiger partial charge on any atom is 0.311 e. The van der Waals surface area contributed by atoms with Crippen LogP contribution in [0.4, 0.5) is 11.5 Å². The first-order chi connectivity index (χ1) is 15.0. The first-order valence-corrected chi connectivity index (χ1v) is 10.3. The molecule has 0 spiro atoms. The Hall–Kier alpha value is -3.62. The van der Waals surface area contributed by atoms with E-state index in [2.05, 4.69) is 21.4 Å². The van der Waals surface area contributed by atoms with Crippen molar-refractivity contribution >= 4 is 28.3 Å². The predicted molar refractivity (Wildman–Crippen MR) is 117 cm³/mol. The summed E-state index contributed by atoms with van der Waals surface area (Å²) in [6.45, 7) is 1.16. The van der Waals surface area contributed by atoms with Gasteiger partial charge in [-0.3, -0.25) is 14.9 Å². The molecule has 9 heteroatoms. The summed E-state index contributed by atoms with van der Waals surface area (Å²) >= 11 is 0. The number of nitrogens with one attached hydrogen (secondary N) is 2. The number of hydrogen-bond acceptors (Lipinski definition) is 6. The summed E-state index contributed by atoms with van der Waals surface area (Å²) in [6.07, 6.45) is 4.47. The maximum absolute atomic E-state index is 12.5. The van der Waals surface area contributed by atoms with E-state index < -0.39 is 4.92 Å². The zero-order valence-corrected chi connectivity index (χ0v) is 17.3. The number of methoxy groups -OCH3 is 1. The third kappa shape index (κ3) is 4.60. The van der Waals surface area contributed by atoms with Gasteiger partial charge in [0.05, 0.1) is 12.0 Å². The molecule has 1 aromatic carbocycles. The Morgan fingerprint density at radius 2 is 2.06 bits per heavy atom. The lowest BCUT2D eigenvalue weighted by Gasteiger charge is -2.32. The Morgan fingerprint density at radius 3 is 2.81 bits per heavy atom. The van der Waals surface area contributed by atoms with Crippen molar-refractivity contribution in [2.45, 2.75) is 31.7 Å². The second-order valence-corrected chi connectivity index (χ2v) is 7.64. The number of anilines is 1. The number of aromatic nitrogens is 2. The number of aromatic amines is 1. The molecule has 1 amide bonds. The zero-order chi connectivity index (χ0) is 21.8. The van der Waals surface area contributed by atoms with Crippen molar-refractivity contribution < 1.29 is 14.5 Å². The quantitative estimate of drug-likeness (QED) is 0.446. The standard InChI is InChI=1S/C22H25N5O4/c1-31-21-9-7-19(27(29)30)22(25-21)26-12-10-16(11-13-26)24-20(28)8-6-15-14-23-18-5-3-2-4-17(15)18/h2-5,7,9,14,16,23H,6,8,10-13H2,1H3,(H,24,28). The third-order valence-corrected chi connectivity index (χ3v) is 5.69. The minimum absolute atomic E-state index is 0.0224. The van der Waals surface area contributed by atoms with E-state index in [1.54, 1.807) is 0 Å². The van der Waals surface area contributed by atoms with E-state index in [4.69, 9.17) is 4.74 Å².